The molecule has 2 aromatic carbocycles. The summed E-state index contributed by atoms with van der Waals surface area (Å²) in [4.78, 5) is 28.5. The molecule has 0 unspecified atom stereocenters. The second-order valence-electron chi connectivity index (χ2n) is 6.32. The van der Waals surface area contributed by atoms with Crippen molar-refractivity contribution < 1.29 is 14.6 Å². The summed E-state index contributed by atoms with van der Waals surface area (Å²) in [6, 6.07) is 14.0. The fourth-order valence-electron chi connectivity index (χ4n) is 2.73. The Morgan fingerprint density at radius 2 is 1.93 bits per heavy atom. The van der Waals surface area contributed by atoms with Gasteiger partial charge in [-0.25, -0.2) is 4.98 Å². The quantitative estimate of drug-likeness (QED) is 0.357. The van der Waals surface area contributed by atoms with Crippen molar-refractivity contribution in [1.82, 2.24) is 9.55 Å². The third-order valence-electron chi connectivity index (χ3n) is 4.25. The van der Waals surface area contributed by atoms with Gasteiger partial charge in [-0.05, 0) is 50.2 Å². The number of ketones is 1. The van der Waals surface area contributed by atoms with Crippen LogP contribution in [-0.4, -0.2) is 38.9 Å². The molecule has 0 aliphatic carbocycles. The number of aromatic nitrogens is 2. The topological polar surface area (TPSA) is 81.4 Å². The highest BCUT2D eigenvalue weighted by Crippen LogP contribution is 2.19. The van der Waals surface area contributed by atoms with Gasteiger partial charge in [-0.1, -0.05) is 23.9 Å². The van der Waals surface area contributed by atoms with Crippen LogP contribution in [0.3, 0.4) is 0 Å². The SMILES string of the molecule is CCn1c(SC[C@H](O)COc2ccc(C(C)=O)cc2)nc2ccccc2c1=O. The number of rotatable bonds is 8. The molecule has 0 bridgehead atoms. The molecule has 0 fully saturated rings. The summed E-state index contributed by atoms with van der Waals surface area (Å²) in [5, 5.41) is 11.4. The van der Waals surface area contributed by atoms with Gasteiger partial charge in [0.1, 0.15) is 12.4 Å². The molecule has 7 heteroatoms. The van der Waals surface area contributed by atoms with Gasteiger partial charge in [-0.3, -0.25) is 14.2 Å². The lowest BCUT2D eigenvalue weighted by Crippen LogP contribution is -2.24. The van der Waals surface area contributed by atoms with E-state index in [4.69, 9.17) is 4.74 Å². The highest BCUT2D eigenvalue weighted by molar-refractivity contribution is 7.99. The maximum absolute atomic E-state index is 12.6. The molecule has 28 heavy (non-hydrogen) atoms. The number of carbonyl (C=O) groups excluding carboxylic acids is 1. The number of benzene rings is 2. The largest absolute Gasteiger partial charge is 0.491 e. The van der Waals surface area contributed by atoms with Crippen LogP contribution in [0.2, 0.25) is 0 Å². The summed E-state index contributed by atoms with van der Waals surface area (Å²) < 4.78 is 7.19. The van der Waals surface area contributed by atoms with Gasteiger partial charge in [-0.15, -0.1) is 0 Å². The van der Waals surface area contributed by atoms with Gasteiger partial charge in [0.05, 0.1) is 17.0 Å². The van der Waals surface area contributed by atoms with Crippen LogP contribution < -0.4 is 10.3 Å². The van der Waals surface area contributed by atoms with Crippen LogP contribution in [0.1, 0.15) is 24.2 Å². The van der Waals surface area contributed by atoms with E-state index >= 15 is 0 Å². The lowest BCUT2D eigenvalue weighted by atomic mass is 10.1. The molecular formula is C21H22N2O4S. The van der Waals surface area contributed by atoms with E-state index in [1.807, 2.05) is 25.1 Å². The number of carbonyl (C=O) groups is 1. The lowest BCUT2D eigenvalue weighted by Gasteiger charge is -2.14. The molecule has 1 heterocycles. The number of Topliss-reactive ketones (excluding diaryl/α,β-unsaturated/α-hetero) is 1. The number of thioether (sulfide) groups is 1. The Labute approximate surface area is 167 Å². The molecule has 6 nitrogen and oxygen atoms in total. The summed E-state index contributed by atoms with van der Waals surface area (Å²) >= 11 is 1.33. The van der Waals surface area contributed by atoms with E-state index in [0.717, 1.165) is 0 Å². The predicted molar refractivity (Wildman–Crippen MR) is 110 cm³/mol. The molecule has 1 N–H and O–H groups in total. The zero-order chi connectivity index (χ0) is 20.1. The Hall–Kier alpha value is -2.64. The molecular weight excluding hydrogens is 376 g/mol. The van der Waals surface area contributed by atoms with Gasteiger partial charge in [0.25, 0.3) is 5.56 Å². The molecule has 0 radical (unpaired) electrons. The van der Waals surface area contributed by atoms with Crippen molar-refractivity contribution in [2.24, 2.45) is 0 Å². The number of hydrogen-bond acceptors (Lipinski definition) is 6. The predicted octanol–water partition coefficient (Wildman–Crippen LogP) is 3.15. The van der Waals surface area contributed by atoms with Crippen molar-refractivity contribution >= 4 is 28.4 Å². The molecule has 0 aliphatic heterocycles. The molecule has 0 aliphatic rings. The van der Waals surface area contributed by atoms with Gasteiger partial charge in [0.15, 0.2) is 10.9 Å². The van der Waals surface area contributed by atoms with Gasteiger partial charge in [0, 0.05) is 17.9 Å². The first-order valence-corrected chi connectivity index (χ1v) is 10.0. The van der Waals surface area contributed by atoms with Crippen molar-refractivity contribution in [2.45, 2.75) is 31.7 Å². The van der Waals surface area contributed by atoms with E-state index in [2.05, 4.69) is 4.98 Å². The van der Waals surface area contributed by atoms with Crippen LogP contribution in [0.15, 0.2) is 58.5 Å². The van der Waals surface area contributed by atoms with Crippen LogP contribution in [0, 0.1) is 0 Å². The van der Waals surface area contributed by atoms with Crippen molar-refractivity contribution in [2.75, 3.05) is 12.4 Å². The van der Waals surface area contributed by atoms with Crippen LogP contribution in [0.4, 0.5) is 0 Å². The average molecular weight is 398 g/mol. The highest BCUT2D eigenvalue weighted by Gasteiger charge is 2.13. The normalized spacial score (nSPS) is 12.1. The average Bonchev–Trinajstić information content (AvgIpc) is 2.71. The molecule has 0 amide bonds. The standard InChI is InChI=1S/C21H22N2O4S/c1-3-23-20(26)18-6-4-5-7-19(18)22-21(23)28-13-16(25)12-27-17-10-8-15(9-11-17)14(2)24/h4-11,16,25H,3,12-13H2,1-2H3/t16-/m1/s1. The van der Waals surface area contributed by atoms with E-state index < -0.39 is 6.10 Å². The highest BCUT2D eigenvalue weighted by atomic mass is 32.2. The molecule has 3 aromatic rings. The van der Waals surface area contributed by atoms with E-state index in [-0.39, 0.29) is 17.9 Å². The summed E-state index contributed by atoms with van der Waals surface area (Å²) in [6.45, 7) is 4.02. The van der Waals surface area contributed by atoms with Crippen LogP contribution in [0.5, 0.6) is 5.75 Å². The maximum atomic E-state index is 12.6. The van der Waals surface area contributed by atoms with Crippen molar-refractivity contribution in [3.63, 3.8) is 0 Å². The van der Waals surface area contributed by atoms with Gasteiger partial charge >= 0.3 is 0 Å². The molecule has 0 spiro atoms. The summed E-state index contributed by atoms with van der Waals surface area (Å²) in [7, 11) is 0. The zero-order valence-corrected chi connectivity index (χ0v) is 16.6. The van der Waals surface area contributed by atoms with Crippen LogP contribution >= 0.6 is 11.8 Å². The minimum absolute atomic E-state index is 0.00663. The molecule has 0 saturated carbocycles. The fourth-order valence-corrected chi connectivity index (χ4v) is 3.70. The molecule has 1 aromatic heterocycles. The number of nitrogens with zero attached hydrogens (tertiary/aromatic N) is 2. The Morgan fingerprint density at radius 1 is 1.21 bits per heavy atom. The summed E-state index contributed by atoms with van der Waals surface area (Å²) in [5.41, 5.74) is 1.19. The van der Waals surface area contributed by atoms with E-state index in [9.17, 15) is 14.7 Å². The van der Waals surface area contributed by atoms with Gasteiger partial charge in [-0.2, -0.15) is 0 Å². The van der Waals surface area contributed by atoms with Gasteiger partial charge < -0.3 is 9.84 Å². The van der Waals surface area contributed by atoms with Crippen molar-refractivity contribution in [1.29, 1.82) is 0 Å². The molecule has 0 saturated heterocycles. The maximum Gasteiger partial charge on any atom is 0.262 e. The monoisotopic (exact) mass is 398 g/mol. The number of aliphatic hydroxyl groups is 1. The first-order chi connectivity index (χ1) is 13.5. The number of aliphatic hydroxyl groups excluding tert-OH is 1. The van der Waals surface area contributed by atoms with Crippen molar-refractivity contribution in [3.05, 3.63) is 64.4 Å². The summed E-state index contributed by atoms with van der Waals surface area (Å²) in [5.74, 6) is 0.923. The minimum atomic E-state index is -0.730. The minimum Gasteiger partial charge on any atom is -0.491 e. The number of hydrogen-bond donors (Lipinski definition) is 1. The zero-order valence-electron chi connectivity index (χ0n) is 15.8. The molecule has 146 valence electrons. The lowest BCUT2D eigenvalue weighted by molar-refractivity contribution is 0.101. The second kappa shape index (κ2) is 9.03. The Kier molecular flexibility index (Phi) is 6.49. The molecule has 1 atom stereocenters. The fraction of sp³-hybridized carbons (Fsp3) is 0.286. The van der Waals surface area contributed by atoms with E-state index in [0.29, 0.717) is 39.7 Å². The molecule has 3 rings (SSSR count). The van der Waals surface area contributed by atoms with Crippen molar-refractivity contribution in [3.8, 4) is 5.75 Å². The van der Waals surface area contributed by atoms with E-state index in [1.54, 1.807) is 34.9 Å². The smallest absolute Gasteiger partial charge is 0.262 e. The van der Waals surface area contributed by atoms with Gasteiger partial charge in [0.2, 0.25) is 0 Å². The number of para-hydroxylation sites is 1. The Morgan fingerprint density at radius 3 is 2.61 bits per heavy atom. The Bertz CT molecular complexity index is 1030. The van der Waals surface area contributed by atoms with Crippen LogP contribution in [0.25, 0.3) is 10.9 Å². The summed E-state index contributed by atoms with van der Waals surface area (Å²) in [6.07, 6.45) is -0.730. The third-order valence-corrected chi connectivity index (χ3v) is 5.37. The van der Waals surface area contributed by atoms with Crippen LogP contribution in [-0.2, 0) is 6.54 Å². The first-order valence-electron chi connectivity index (χ1n) is 9.04. The second-order valence-corrected chi connectivity index (χ2v) is 7.30. The third kappa shape index (κ3) is 4.61. The van der Waals surface area contributed by atoms with E-state index in [1.165, 1.54) is 18.7 Å². The Balaban J connectivity index is 1.63. The number of fused-ring (bicyclic) bond motifs is 1. The number of ether oxygens (including phenoxy) is 1. The first kappa shape index (κ1) is 20.1.